The van der Waals surface area contributed by atoms with Crippen LogP contribution in [-0.2, 0) is 0 Å². The molecule has 3 N–H and O–H groups in total. The standard InChI is InChI=1S/C14H17N3O3S/c1-4-20-10-6-5-9(7-11(10)19-3)14-16-8(2)12(21-14)13(18)17-15/h5-7H,4,15H2,1-3H3,(H,17,18). The number of nitrogens with zero attached hydrogens (tertiary/aromatic N) is 1. The minimum absolute atomic E-state index is 0.339. The predicted molar refractivity (Wildman–Crippen MR) is 81.7 cm³/mol. The van der Waals surface area contributed by atoms with Crippen molar-refractivity contribution in [1.29, 1.82) is 0 Å². The number of nitrogens with two attached hydrogens (primary N) is 1. The number of benzene rings is 1. The molecule has 1 aromatic carbocycles. The Bertz CT molecular complexity index is 655. The van der Waals surface area contributed by atoms with Gasteiger partial charge in [0.2, 0.25) is 0 Å². The summed E-state index contributed by atoms with van der Waals surface area (Å²) < 4.78 is 10.8. The van der Waals surface area contributed by atoms with Crippen molar-refractivity contribution in [2.75, 3.05) is 13.7 Å². The number of thiazole rings is 1. The molecule has 0 aliphatic carbocycles. The molecule has 0 unspecified atom stereocenters. The van der Waals surface area contributed by atoms with Crippen molar-refractivity contribution in [3.63, 3.8) is 0 Å². The molecule has 0 atom stereocenters. The number of nitrogen functional groups attached to an aromatic ring is 1. The van der Waals surface area contributed by atoms with Crippen LogP contribution in [-0.4, -0.2) is 24.6 Å². The van der Waals surface area contributed by atoms with Crippen molar-refractivity contribution in [3.05, 3.63) is 28.8 Å². The molecule has 1 heterocycles. The highest BCUT2D eigenvalue weighted by atomic mass is 32.1. The summed E-state index contributed by atoms with van der Waals surface area (Å²) in [7, 11) is 1.59. The third kappa shape index (κ3) is 3.14. The summed E-state index contributed by atoms with van der Waals surface area (Å²) in [6.07, 6.45) is 0. The zero-order valence-corrected chi connectivity index (χ0v) is 12.9. The lowest BCUT2D eigenvalue weighted by atomic mass is 10.2. The molecular weight excluding hydrogens is 290 g/mol. The quantitative estimate of drug-likeness (QED) is 0.502. The molecule has 21 heavy (non-hydrogen) atoms. The number of hydrazine groups is 1. The van der Waals surface area contributed by atoms with Crippen molar-refractivity contribution >= 4 is 17.2 Å². The molecule has 0 aliphatic rings. The first-order valence-electron chi connectivity index (χ1n) is 6.40. The van der Waals surface area contributed by atoms with E-state index < -0.39 is 0 Å². The van der Waals surface area contributed by atoms with Gasteiger partial charge in [-0.1, -0.05) is 0 Å². The second kappa shape index (κ2) is 6.55. The maximum Gasteiger partial charge on any atom is 0.277 e. The average molecular weight is 307 g/mol. The van der Waals surface area contributed by atoms with Crippen LogP contribution in [0.5, 0.6) is 11.5 Å². The van der Waals surface area contributed by atoms with Gasteiger partial charge in [-0.15, -0.1) is 11.3 Å². The van der Waals surface area contributed by atoms with Gasteiger partial charge in [0.15, 0.2) is 11.5 Å². The molecular formula is C14H17N3O3S. The van der Waals surface area contributed by atoms with E-state index in [-0.39, 0.29) is 5.91 Å². The Balaban J connectivity index is 2.40. The average Bonchev–Trinajstić information content (AvgIpc) is 2.89. The lowest BCUT2D eigenvalue weighted by Crippen LogP contribution is -2.29. The van der Waals surface area contributed by atoms with Gasteiger partial charge in [-0.25, -0.2) is 10.8 Å². The highest BCUT2D eigenvalue weighted by Gasteiger charge is 2.16. The van der Waals surface area contributed by atoms with Crippen molar-refractivity contribution in [2.45, 2.75) is 13.8 Å². The number of aryl methyl sites for hydroxylation is 1. The summed E-state index contributed by atoms with van der Waals surface area (Å²) in [6, 6.07) is 5.56. The minimum atomic E-state index is -0.339. The Labute approximate surface area is 126 Å². The lowest BCUT2D eigenvalue weighted by Gasteiger charge is -2.09. The molecule has 6 nitrogen and oxygen atoms in total. The number of hydrogen-bond donors (Lipinski definition) is 2. The zero-order valence-electron chi connectivity index (χ0n) is 12.1. The van der Waals surface area contributed by atoms with E-state index in [1.54, 1.807) is 14.0 Å². The van der Waals surface area contributed by atoms with Gasteiger partial charge in [0.25, 0.3) is 5.91 Å². The Morgan fingerprint density at radius 2 is 2.19 bits per heavy atom. The fourth-order valence-corrected chi connectivity index (χ4v) is 2.84. The molecule has 0 saturated carbocycles. The van der Waals surface area contributed by atoms with Gasteiger partial charge < -0.3 is 9.47 Å². The number of methoxy groups -OCH3 is 1. The monoisotopic (exact) mass is 307 g/mol. The smallest absolute Gasteiger partial charge is 0.277 e. The van der Waals surface area contributed by atoms with Crippen LogP contribution < -0.4 is 20.7 Å². The van der Waals surface area contributed by atoms with Crippen molar-refractivity contribution < 1.29 is 14.3 Å². The van der Waals surface area contributed by atoms with Crippen LogP contribution in [0.1, 0.15) is 22.3 Å². The van der Waals surface area contributed by atoms with Crippen LogP contribution in [0, 0.1) is 6.92 Å². The fourth-order valence-electron chi connectivity index (χ4n) is 1.87. The summed E-state index contributed by atoms with van der Waals surface area (Å²) in [5.74, 6) is 6.13. The Hall–Kier alpha value is -2.12. The number of amides is 1. The number of aromatic nitrogens is 1. The maximum atomic E-state index is 11.6. The second-order valence-corrected chi connectivity index (χ2v) is 5.20. The van der Waals surface area contributed by atoms with Gasteiger partial charge in [-0.3, -0.25) is 10.2 Å². The largest absolute Gasteiger partial charge is 0.493 e. The van der Waals surface area contributed by atoms with E-state index in [1.165, 1.54) is 11.3 Å². The summed E-state index contributed by atoms with van der Waals surface area (Å²) in [4.78, 5) is 16.5. The van der Waals surface area contributed by atoms with Gasteiger partial charge >= 0.3 is 0 Å². The van der Waals surface area contributed by atoms with E-state index in [0.717, 1.165) is 10.6 Å². The highest BCUT2D eigenvalue weighted by molar-refractivity contribution is 7.17. The molecule has 0 fully saturated rings. The Morgan fingerprint density at radius 3 is 2.81 bits per heavy atom. The number of ether oxygens (including phenoxy) is 2. The fraction of sp³-hybridized carbons (Fsp3) is 0.286. The highest BCUT2D eigenvalue weighted by Crippen LogP contribution is 2.35. The van der Waals surface area contributed by atoms with Crippen LogP contribution in [0.15, 0.2) is 18.2 Å². The molecule has 1 aromatic heterocycles. The predicted octanol–water partition coefficient (Wildman–Crippen LogP) is 2.13. The van der Waals surface area contributed by atoms with Crippen molar-refractivity contribution in [1.82, 2.24) is 10.4 Å². The number of carbonyl (C=O) groups excluding carboxylic acids is 1. The van der Waals surface area contributed by atoms with E-state index in [9.17, 15) is 4.79 Å². The second-order valence-electron chi connectivity index (χ2n) is 4.21. The first kappa shape index (κ1) is 15.3. The van der Waals surface area contributed by atoms with Crippen molar-refractivity contribution in [2.24, 2.45) is 5.84 Å². The van der Waals surface area contributed by atoms with Crippen LogP contribution in [0.3, 0.4) is 0 Å². The SMILES string of the molecule is CCOc1ccc(-c2nc(C)c(C(=O)NN)s2)cc1OC. The number of carbonyl (C=O) groups is 1. The van der Waals surface area contributed by atoms with Gasteiger partial charge in [0, 0.05) is 5.56 Å². The molecule has 2 aromatic rings. The molecule has 0 bridgehead atoms. The van der Waals surface area contributed by atoms with E-state index in [4.69, 9.17) is 15.3 Å². The van der Waals surface area contributed by atoms with Crippen LogP contribution in [0.25, 0.3) is 10.6 Å². The van der Waals surface area contributed by atoms with Gasteiger partial charge in [0.05, 0.1) is 19.4 Å². The third-order valence-corrected chi connectivity index (χ3v) is 4.05. The van der Waals surface area contributed by atoms with Crippen molar-refractivity contribution in [3.8, 4) is 22.1 Å². The first-order chi connectivity index (χ1) is 10.1. The van der Waals surface area contributed by atoms with Gasteiger partial charge in [-0.2, -0.15) is 0 Å². The molecule has 1 amide bonds. The zero-order chi connectivity index (χ0) is 15.4. The molecule has 0 spiro atoms. The third-order valence-electron chi connectivity index (χ3n) is 2.84. The van der Waals surface area contributed by atoms with E-state index in [1.807, 2.05) is 25.1 Å². The summed E-state index contributed by atoms with van der Waals surface area (Å²) in [5.41, 5.74) is 3.63. The molecule has 0 aliphatic heterocycles. The molecule has 0 saturated heterocycles. The summed E-state index contributed by atoms with van der Waals surface area (Å²) >= 11 is 1.28. The molecule has 0 radical (unpaired) electrons. The summed E-state index contributed by atoms with van der Waals surface area (Å²) in [6.45, 7) is 4.25. The Morgan fingerprint density at radius 1 is 1.43 bits per heavy atom. The maximum absolute atomic E-state index is 11.6. The summed E-state index contributed by atoms with van der Waals surface area (Å²) in [5, 5.41) is 0.729. The van der Waals surface area contributed by atoms with E-state index >= 15 is 0 Å². The number of rotatable bonds is 5. The normalized spacial score (nSPS) is 10.3. The first-order valence-corrected chi connectivity index (χ1v) is 7.22. The molecule has 112 valence electrons. The lowest BCUT2D eigenvalue weighted by molar-refractivity contribution is 0.0957. The van der Waals surface area contributed by atoms with E-state index in [2.05, 4.69) is 10.4 Å². The number of hydrogen-bond acceptors (Lipinski definition) is 6. The molecule has 2 rings (SSSR count). The van der Waals surface area contributed by atoms with Crippen LogP contribution in [0.2, 0.25) is 0 Å². The Kier molecular flexibility index (Phi) is 4.77. The van der Waals surface area contributed by atoms with E-state index in [0.29, 0.717) is 28.7 Å². The van der Waals surface area contributed by atoms with Gasteiger partial charge in [0.1, 0.15) is 9.88 Å². The topological polar surface area (TPSA) is 86.5 Å². The number of nitrogens with one attached hydrogen (secondary N) is 1. The molecule has 7 heteroatoms. The van der Waals surface area contributed by atoms with Gasteiger partial charge in [-0.05, 0) is 32.0 Å². The van der Waals surface area contributed by atoms with Crippen LogP contribution in [0.4, 0.5) is 0 Å². The minimum Gasteiger partial charge on any atom is -0.493 e. The van der Waals surface area contributed by atoms with Crippen LogP contribution >= 0.6 is 11.3 Å².